The quantitative estimate of drug-likeness (QED) is 0.475. The molecule has 1 aliphatic rings. The molecule has 0 atom stereocenters. The Hall–Kier alpha value is -4.40. The van der Waals surface area contributed by atoms with Crippen LogP contribution in [0.3, 0.4) is 0 Å². The standard InChI is InChI=1S/C23H20N4O5/c1-3-32-17-11-9-15(10-12-17)26-22(30)19(20(28)24-23(26)31)13-18-14(2)27(25-21(18)29)16-7-5-4-6-8-16/h4-13H,3H2,1-2H3,(H,25,29)(H,24,28,31)/b19-13+. The summed E-state index contributed by atoms with van der Waals surface area (Å²) < 4.78 is 6.94. The van der Waals surface area contributed by atoms with Gasteiger partial charge in [0, 0.05) is 0 Å². The van der Waals surface area contributed by atoms with Gasteiger partial charge in [0.25, 0.3) is 17.4 Å². The average Bonchev–Trinajstić information content (AvgIpc) is 3.06. The number of imide groups is 2. The maximum absolute atomic E-state index is 13.1. The van der Waals surface area contributed by atoms with Crippen LogP contribution >= 0.6 is 0 Å². The number of aromatic amines is 1. The van der Waals surface area contributed by atoms with Crippen molar-refractivity contribution in [2.45, 2.75) is 13.8 Å². The van der Waals surface area contributed by atoms with Gasteiger partial charge in [0.15, 0.2) is 0 Å². The number of hydrogen-bond donors (Lipinski definition) is 2. The molecule has 0 bridgehead atoms. The first kappa shape index (κ1) is 20.9. The molecule has 2 N–H and O–H groups in total. The van der Waals surface area contributed by atoms with Crippen LogP contribution in [0.5, 0.6) is 5.75 Å². The highest BCUT2D eigenvalue weighted by Crippen LogP contribution is 2.24. The zero-order chi connectivity index (χ0) is 22.8. The lowest BCUT2D eigenvalue weighted by Gasteiger charge is -2.26. The van der Waals surface area contributed by atoms with Gasteiger partial charge in [-0.2, -0.15) is 0 Å². The number of nitrogens with zero attached hydrogens (tertiary/aromatic N) is 2. The number of urea groups is 1. The van der Waals surface area contributed by atoms with Gasteiger partial charge < -0.3 is 4.74 Å². The van der Waals surface area contributed by atoms with E-state index in [0.29, 0.717) is 18.1 Å². The number of ether oxygens (including phenoxy) is 1. The van der Waals surface area contributed by atoms with Gasteiger partial charge in [-0.1, -0.05) is 18.2 Å². The highest BCUT2D eigenvalue weighted by atomic mass is 16.5. The Balaban J connectivity index is 1.73. The van der Waals surface area contributed by atoms with E-state index in [1.54, 1.807) is 35.9 Å². The number of hydrogen-bond acceptors (Lipinski definition) is 5. The van der Waals surface area contributed by atoms with Gasteiger partial charge >= 0.3 is 6.03 Å². The number of benzene rings is 2. The van der Waals surface area contributed by atoms with Gasteiger partial charge in [-0.05, 0) is 56.3 Å². The number of para-hydroxylation sites is 1. The van der Waals surface area contributed by atoms with Gasteiger partial charge in [0.05, 0.1) is 29.2 Å². The lowest BCUT2D eigenvalue weighted by Crippen LogP contribution is -2.54. The zero-order valence-electron chi connectivity index (χ0n) is 17.4. The highest BCUT2D eigenvalue weighted by Gasteiger charge is 2.37. The minimum atomic E-state index is -0.867. The number of barbiturate groups is 1. The van der Waals surface area contributed by atoms with Crippen molar-refractivity contribution in [3.8, 4) is 11.4 Å². The highest BCUT2D eigenvalue weighted by molar-refractivity contribution is 6.39. The summed E-state index contributed by atoms with van der Waals surface area (Å²) in [6, 6.07) is 14.6. The Kier molecular flexibility index (Phi) is 5.46. The van der Waals surface area contributed by atoms with E-state index in [0.717, 1.165) is 10.6 Å². The molecule has 0 saturated carbocycles. The van der Waals surface area contributed by atoms with Crippen LogP contribution in [0, 0.1) is 6.92 Å². The summed E-state index contributed by atoms with van der Waals surface area (Å²) in [7, 11) is 0. The molecule has 32 heavy (non-hydrogen) atoms. The summed E-state index contributed by atoms with van der Waals surface area (Å²) in [6.45, 7) is 4.01. The first-order valence-electron chi connectivity index (χ1n) is 9.92. The summed E-state index contributed by atoms with van der Waals surface area (Å²) >= 11 is 0. The molecule has 1 saturated heterocycles. The number of anilines is 1. The Morgan fingerprint density at radius 2 is 1.62 bits per heavy atom. The second kappa shape index (κ2) is 8.38. The number of H-pyrrole nitrogens is 1. The van der Waals surface area contributed by atoms with Crippen molar-refractivity contribution in [2.75, 3.05) is 11.5 Å². The van der Waals surface area contributed by atoms with Crippen molar-refractivity contribution >= 4 is 29.6 Å². The number of rotatable bonds is 5. The van der Waals surface area contributed by atoms with E-state index < -0.39 is 23.4 Å². The van der Waals surface area contributed by atoms with Crippen molar-refractivity contribution < 1.29 is 19.1 Å². The molecule has 2 aromatic carbocycles. The van der Waals surface area contributed by atoms with Gasteiger partial charge in [0.2, 0.25) is 0 Å². The number of amides is 4. The smallest absolute Gasteiger partial charge is 0.335 e. The number of nitrogens with one attached hydrogen (secondary N) is 2. The number of carbonyl (C=O) groups is 3. The monoisotopic (exact) mass is 432 g/mol. The Bertz CT molecular complexity index is 1290. The van der Waals surface area contributed by atoms with E-state index in [4.69, 9.17) is 4.74 Å². The van der Waals surface area contributed by atoms with Crippen molar-refractivity contribution in [3.63, 3.8) is 0 Å². The second-order valence-corrected chi connectivity index (χ2v) is 7.00. The number of carbonyl (C=O) groups excluding carboxylic acids is 3. The minimum Gasteiger partial charge on any atom is -0.494 e. The van der Waals surface area contributed by atoms with E-state index >= 15 is 0 Å². The molecule has 1 aliphatic heterocycles. The SMILES string of the molecule is CCOc1ccc(N2C(=O)NC(=O)/C(=C\c3c(C)n(-c4ccccc4)[nH]c3=O)C2=O)cc1. The van der Waals surface area contributed by atoms with E-state index in [2.05, 4.69) is 10.4 Å². The predicted octanol–water partition coefficient (Wildman–Crippen LogP) is 2.54. The lowest BCUT2D eigenvalue weighted by atomic mass is 10.1. The van der Waals surface area contributed by atoms with Crippen LogP contribution in [0.25, 0.3) is 11.8 Å². The third kappa shape index (κ3) is 3.71. The van der Waals surface area contributed by atoms with E-state index in [1.165, 1.54) is 6.08 Å². The van der Waals surface area contributed by atoms with Crippen molar-refractivity contribution in [1.82, 2.24) is 15.1 Å². The molecule has 0 radical (unpaired) electrons. The van der Waals surface area contributed by atoms with Gasteiger partial charge in [0.1, 0.15) is 11.3 Å². The zero-order valence-corrected chi connectivity index (χ0v) is 17.4. The fourth-order valence-electron chi connectivity index (χ4n) is 3.43. The summed E-state index contributed by atoms with van der Waals surface area (Å²) in [6.07, 6.45) is 1.21. The van der Waals surface area contributed by atoms with Gasteiger partial charge in [-0.15, -0.1) is 0 Å². The molecule has 9 heteroatoms. The fraction of sp³-hybridized carbons (Fsp3) is 0.130. The van der Waals surface area contributed by atoms with E-state index in [-0.39, 0.29) is 16.8 Å². The Morgan fingerprint density at radius 3 is 2.28 bits per heavy atom. The second-order valence-electron chi connectivity index (χ2n) is 7.00. The van der Waals surface area contributed by atoms with Crippen LogP contribution in [0.1, 0.15) is 18.2 Å². The predicted molar refractivity (Wildman–Crippen MR) is 118 cm³/mol. The Morgan fingerprint density at radius 1 is 0.938 bits per heavy atom. The summed E-state index contributed by atoms with van der Waals surface area (Å²) in [5, 5.41) is 4.85. The van der Waals surface area contributed by atoms with Crippen LogP contribution in [-0.4, -0.2) is 34.2 Å². The third-order valence-corrected chi connectivity index (χ3v) is 4.99. The average molecular weight is 432 g/mol. The molecule has 4 rings (SSSR count). The molecule has 0 aliphatic carbocycles. The molecule has 3 aromatic rings. The van der Waals surface area contributed by atoms with Crippen molar-refractivity contribution in [1.29, 1.82) is 0 Å². The molecular formula is C23H20N4O5. The van der Waals surface area contributed by atoms with Crippen molar-refractivity contribution in [2.24, 2.45) is 0 Å². The topological polar surface area (TPSA) is 114 Å². The molecule has 9 nitrogen and oxygen atoms in total. The molecular weight excluding hydrogens is 412 g/mol. The third-order valence-electron chi connectivity index (χ3n) is 4.99. The van der Waals surface area contributed by atoms with Gasteiger partial charge in [-0.25, -0.2) is 9.69 Å². The normalized spacial score (nSPS) is 15.2. The Labute approximate surface area is 182 Å². The summed E-state index contributed by atoms with van der Waals surface area (Å²) in [5.74, 6) is -1.11. The van der Waals surface area contributed by atoms with Crippen LogP contribution in [0.15, 0.2) is 65.0 Å². The first-order valence-corrected chi connectivity index (χ1v) is 9.92. The summed E-state index contributed by atoms with van der Waals surface area (Å²) in [4.78, 5) is 51.4. The molecule has 1 fully saturated rings. The largest absolute Gasteiger partial charge is 0.494 e. The van der Waals surface area contributed by atoms with Gasteiger partial charge in [-0.3, -0.25) is 29.5 Å². The molecule has 4 amide bonds. The van der Waals surface area contributed by atoms with Crippen LogP contribution in [-0.2, 0) is 9.59 Å². The lowest BCUT2D eigenvalue weighted by molar-refractivity contribution is -0.122. The van der Waals surface area contributed by atoms with Crippen LogP contribution in [0.4, 0.5) is 10.5 Å². The minimum absolute atomic E-state index is 0.147. The first-order chi connectivity index (χ1) is 15.4. The van der Waals surface area contributed by atoms with E-state index in [1.807, 2.05) is 37.3 Å². The molecule has 162 valence electrons. The summed E-state index contributed by atoms with van der Waals surface area (Å²) in [5.41, 5.74) is 0.855. The maximum Gasteiger partial charge on any atom is 0.335 e. The van der Waals surface area contributed by atoms with Crippen LogP contribution in [0.2, 0.25) is 0 Å². The molecule has 0 unspecified atom stereocenters. The molecule has 0 spiro atoms. The molecule has 2 heterocycles. The van der Waals surface area contributed by atoms with E-state index in [9.17, 15) is 19.2 Å². The molecule has 1 aromatic heterocycles. The number of aromatic nitrogens is 2. The fourth-order valence-corrected chi connectivity index (χ4v) is 3.43. The maximum atomic E-state index is 13.1. The van der Waals surface area contributed by atoms with Crippen molar-refractivity contribution in [3.05, 3.63) is 81.8 Å². The van der Waals surface area contributed by atoms with Crippen LogP contribution < -0.4 is 20.5 Å².